The Hall–Kier alpha value is -0.780. The Morgan fingerprint density at radius 2 is 1.86 bits per heavy atom. The maximum Gasteiger partial charge on any atom is 0.242 e. The second-order valence-corrected chi connectivity index (χ2v) is 7.98. The number of anilines is 1. The van der Waals surface area contributed by atoms with Gasteiger partial charge in [-0.05, 0) is 42.9 Å². The molecule has 0 heterocycles. The van der Waals surface area contributed by atoms with Crippen molar-refractivity contribution in [3.05, 3.63) is 23.2 Å². The van der Waals surface area contributed by atoms with E-state index in [1.165, 1.54) is 31.4 Å². The van der Waals surface area contributed by atoms with Crippen LogP contribution in [0.4, 0.5) is 5.69 Å². The van der Waals surface area contributed by atoms with Gasteiger partial charge in [0.1, 0.15) is 4.90 Å². The molecular weight excluding hydrogens is 308 g/mol. The number of halogens is 1. The topological polar surface area (TPSA) is 72.2 Å². The average molecular weight is 331 g/mol. The van der Waals surface area contributed by atoms with Crippen molar-refractivity contribution in [2.45, 2.75) is 43.9 Å². The lowest BCUT2D eigenvalue weighted by molar-refractivity contribution is 0.270. The molecule has 3 N–H and O–H groups in total. The second-order valence-electron chi connectivity index (χ2n) is 5.84. The van der Waals surface area contributed by atoms with Crippen molar-refractivity contribution in [3.8, 4) is 0 Å². The fraction of sp³-hybridized carbons (Fsp3) is 0.600. The normalized spacial score (nSPS) is 23.1. The summed E-state index contributed by atoms with van der Waals surface area (Å²) in [7, 11) is -3.59. The van der Waals surface area contributed by atoms with E-state index in [9.17, 15) is 8.42 Å². The number of sulfonamides is 1. The molecule has 0 bridgehead atoms. The molecule has 118 valence electrons. The summed E-state index contributed by atoms with van der Waals surface area (Å²) in [6.07, 6.45) is 5.79. The fourth-order valence-electron chi connectivity index (χ4n) is 2.88. The van der Waals surface area contributed by atoms with Crippen molar-refractivity contribution >= 4 is 27.3 Å². The molecular formula is C15H23ClN2O2S. The first-order valence-corrected chi connectivity index (χ1v) is 9.33. The number of hydrogen-bond donors (Lipinski definition) is 2. The third-order valence-electron chi connectivity index (χ3n) is 4.35. The predicted molar refractivity (Wildman–Crippen MR) is 86.8 cm³/mol. The van der Waals surface area contributed by atoms with E-state index in [2.05, 4.69) is 11.6 Å². The first kappa shape index (κ1) is 16.6. The summed E-state index contributed by atoms with van der Waals surface area (Å²) in [5, 5.41) is 0.200. The molecule has 0 unspecified atom stereocenters. The number of nitrogens with two attached hydrogens (primary N) is 1. The van der Waals surface area contributed by atoms with E-state index in [1.807, 2.05) is 0 Å². The van der Waals surface area contributed by atoms with E-state index in [1.54, 1.807) is 6.07 Å². The van der Waals surface area contributed by atoms with Crippen molar-refractivity contribution in [2.75, 3.05) is 12.3 Å². The largest absolute Gasteiger partial charge is 0.399 e. The molecule has 0 saturated heterocycles. The molecule has 0 atom stereocenters. The van der Waals surface area contributed by atoms with Gasteiger partial charge < -0.3 is 5.73 Å². The first-order chi connectivity index (χ1) is 9.92. The molecule has 0 amide bonds. The molecule has 1 fully saturated rings. The minimum atomic E-state index is -3.59. The van der Waals surface area contributed by atoms with Gasteiger partial charge in [0.25, 0.3) is 0 Å². The van der Waals surface area contributed by atoms with E-state index in [-0.39, 0.29) is 9.92 Å². The highest BCUT2D eigenvalue weighted by atomic mass is 35.5. The summed E-state index contributed by atoms with van der Waals surface area (Å²) in [5.41, 5.74) is 6.03. The molecule has 0 spiro atoms. The molecule has 1 aromatic carbocycles. The van der Waals surface area contributed by atoms with Gasteiger partial charge in [-0.3, -0.25) is 0 Å². The Bertz CT molecular complexity index is 581. The summed E-state index contributed by atoms with van der Waals surface area (Å²) in [6, 6.07) is 4.50. The van der Waals surface area contributed by atoms with Crippen molar-refractivity contribution in [3.63, 3.8) is 0 Å². The Kier molecular flexibility index (Phi) is 5.52. The first-order valence-electron chi connectivity index (χ1n) is 7.47. The lowest BCUT2D eigenvalue weighted by Crippen LogP contribution is -2.31. The molecule has 2 rings (SSSR count). The van der Waals surface area contributed by atoms with Crippen LogP contribution in [0.15, 0.2) is 23.1 Å². The van der Waals surface area contributed by atoms with E-state index in [0.717, 1.165) is 18.8 Å². The Morgan fingerprint density at radius 3 is 2.48 bits per heavy atom. The molecule has 0 radical (unpaired) electrons. The smallest absolute Gasteiger partial charge is 0.242 e. The van der Waals surface area contributed by atoms with Crippen LogP contribution in [0, 0.1) is 11.8 Å². The molecule has 6 heteroatoms. The highest BCUT2D eigenvalue weighted by molar-refractivity contribution is 7.89. The molecule has 21 heavy (non-hydrogen) atoms. The quantitative estimate of drug-likeness (QED) is 0.812. The van der Waals surface area contributed by atoms with Crippen LogP contribution >= 0.6 is 11.6 Å². The zero-order valence-electron chi connectivity index (χ0n) is 12.3. The third kappa shape index (κ3) is 4.34. The summed E-state index contributed by atoms with van der Waals surface area (Å²) >= 11 is 5.97. The van der Waals surface area contributed by atoms with Crippen molar-refractivity contribution in [1.82, 2.24) is 4.72 Å². The van der Waals surface area contributed by atoms with Crippen LogP contribution in [0.3, 0.4) is 0 Å². The zero-order chi connectivity index (χ0) is 15.5. The van der Waals surface area contributed by atoms with Crippen LogP contribution in [0.2, 0.25) is 5.02 Å². The van der Waals surface area contributed by atoms with Crippen LogP contribution < -0.4 is 10.5 Å². The van der Waals surface area contributed by atoms with Crippen LogP contribution in [0.5, 0.6) is 0 Å². The summed E-state index contributed by atoms with van der Waals surface area (Å²) in [6.45, 7) is 2.69. The zero-order valence-corrected chi connectivity index (χ0v) is 13.9. The van der Waals surface area contributed by atoms with E-state index < -0.39 is 10.0 Å². The van der Waals surface area contributed by atoms with Crippen LogP contribution in [0.25, 0.3) is 0 Å². The van der Waals surface area contributed by atoms with Gasteiger partial charge in [-0.25, -0.2) is 13.1 Å². The van der Waals surface area contributed by atoms with Gasteiger partial charge in [-0.1, -0.05) is 37.8 Å². The third-order valence-corrected chi connectivity index (χ3v) is 6.26. The number of benzene rings is 1. The van der Waals surface area contributed by atoms with Crippen molar-refractivity contribution < 1.29 is 8.42 Å². The predicted octanol–water partition coefficient (Wildman–Crippen LogP) is 3.42. The molecule has 0 aromatic heterocycles. The van der Waals surface area contributed by atoms with Gasteiger partial charge in [0.15, 0.2) is 0 Å². The molecule has 1 saturated carbocycles. The Balaban J connectivity index is 1.97. The Labute approximate surface area is 132 Å². The van der Waals surface area contributed by atoms with Gasteiger partial charge in [-0.15, -0.1) is 0 Å². The lowest BCUT2D eigenvalue weighted by Gasteiger charge is -2.27. The fourth-order valence-corrected chi connectivity index (χ4v) is 4.52. The minimum absolute atomic E-state index is 0.0615. The molecule has 4 nitrogen and oxygen atoms in total. The number of nitrogens with one attached hydrogen (secondary N) is 1. The van der Waals surface area contributed by atoms with Gasteiger partial charge in [-0.2, -0.15) is 0 Å². The van der Waals surface area contributed by atoms with E-state index >= 15 is 0 Å². The van der Waals surface area contributed by atoms with Crippen molar-refractivity contribution in [2.24, 2.45) is 11.8 Å². The average Bonchev–Trinajstić information content (AvgIpc) is 2.48. The SMILES string of the molecule is CCC1CCC(CNS(=O)(=O)c2cc(N)ccc2Cl)CC1. The summed E-state index contributed by atoms with van der Waals surface area (Å²) in [5.74, 6) is 1.23. The van der Waals surface area contributed by atoms with Gasteiger partial charge in [0.2, 0.25) is 10.0 Å². The van der Waals surface area contributed by atoms with Gasteiger partial charge >= 0.3 is 0 Å². The second kappa shape index (κ2) is 6.99. The molecule has 1 aliphatic rings. The van der Waals surface area contributed by atoms with Crippen molar-refractivity contribution in [1.29, 1.82) is 0 Å². The van der Waals surface area contributed by atoms with Gasteiger partial charge in [0, 0.05) is 12.2 Å². The molecule has 1 aromatic rings. The lowest BCUT2D eigenvalue weighted by atomic mass is 9.81. The highest BCUT2D eigenvalue weighted by Gasteiger charge is 2.23. The summed E-state index contributed by atoms with van der Waals surface area (Å²) < 4.78 is 27.3. The monoisotopic (exact) mass is 330 g/mol. The van der Waals surface area contributed by atoms with E-state index in [4.69, 9.17) is 17.3 Å². The number of hydrogen-bond acceptors (Lipinski definition) is 3. The Morgan fingerprint density at radius 1 is 1.24 bits per heavy atom. The van der Waals surface area contributed by atoms with Crippen LogP contribution in [0.1, 0.15) is 39.0 Å². The minimum Gasteiger partial charge on any atom is -0.399 e. The number of nitrogen functional groups attached to an aromatic ring is 1. The summed E-state index contributed by atoms with van der Waals surface area (Å²) in [4.78, 5) is 0.0615. The van der Waals surface area contributed by atoms with Gasteiger partial charge in [0.05, 0.1) is 5.02 Å². The van der Waals surface area contributed by atoms with Crippen LogP contribution in [-0.4, -0.2) is 15.0 Å². The van der Waals surface area contributed by atoms with Crippen LogP contribution in [-0.2, 0) is 10.0 Å². The van der Waals surface area contributed by atoms with E-state index in [0.29, 0.717) is 18.2 Å². The maximum absolute atomic E-state index is 12.3. The standard InChI is InChI=1S/C15H23ClN2O2S/c1-2-11-3-5-12(6-4-11)10-18-21(19,20)15-9-13(17)7-8-14(15)16/h7-9,11-12,18H,2-6,10,17H2,1H3. The molecule has 0 aliphatic heterocycles. The number of rotatable bonds is 5. The highest BCUT2D eigenvalue weighted by Crippen LogP contribution is 2.30. The molecule has 1 aliphatic carbocycles. The maximum atomic E-state index is 12.3.